The third kappa shape index (κ3) is 1.76. The minimum Gasteiger partial charge on any atom is -0.480 e. The molecule has 3 atom stereocenters. The number of carbonyl (C=O) groups is 1. The molecule has 0 aromatic carbocycles. The Kier molecular flexibility index (Phi) is 2.39. The zero-order valence-corrected chi connectivity index (χ0v) is 7.37. The van der Waals surface area contributed by atoms with Crippen LogP contribution in [0.25, 0.3) is 0 Å². The Morgan fingerprint density at radius 3 is 2.67 bits per heavy atom. The first kappa shape index (κ1) is 9.48. The van der Waals surface area contributed by atoms with Crippen LogP contribution in [0.3, 0.4) is 0 Å². The van der Waals surface area contributed by atoms with Crippen LogP contribution in [0.15, 0.2) is 0 Å². The highest BCUT2D eigenvalue weighted by molar-refractivity contribution is 5.78. The molecule has 0 saturated carbocycles. The Labute approximate surface area is 71.6 Å². The van der Waals surface area contributed by atoms with Crippen molar-refractivity contribution >= 4 is 5.97 Å². The van der Waals surface area contributed by atoms with Crippen LogP contribution in [-0.4, -0.2) is 33.9 Å². The zero-order chi connectivity index (χ0) is 9.35. The molecule has 1 aliphatic rings. The van der Waals surface area contributed by atoms with E-state index in [9.17, 15) is 9.90 Å². The number of aliphatic hydroxyl groups is 1. The van der Waals surface area contributed by atoms with E-state index >= 15 is 0 Å². The maximum Gasteiger partial charge on any atom is 0.323 e. The Hall–Kier alpha value is -0.610. The van der Waals surface area contributed by atoms with Crippen LogP contribution in [0.5, 0.6) is 0 Å². The maximum absolute atomic E-state index is 10.8. The van der Waals surface area contributed by atoms with Gasteiger partial charge in [0.05, 0.1) is 6.10 Å². The van der Waals surface area contributed by atoms with Crippen LogP contribution in [0.2, 0.25) is 0 Å². The molecule has 1 heterocycles. The number of carboxylic acids is 1. The third-order valence-electron chi connectivity index (χ3n) is 2.31. The van der Waals surface area contributed by atoms with Gasteiger partial charge in [0.25, 0.3) is 0 Å². The smallest absolute Gasteiger partial charge is 0.323 e. The normalized spacial score (nSPS) is 42.6. The average Bonchev–Trinajstić information content (AvgIpc) is 1.82. The van der Waals surface area contributed by atoms with Crippen molar-refractivity contribution < 1.29 is 15.0 Å². The van der Waals surface area contributed by atoms with E-state index in [0.29, 0.717) is 6.42 Å². The first-order valence-electron chi connectivity index (χ1n) is 4.13. The van der Waals surface area contributed by atoms with Crippen LogP contribution >= 0.6 is 0 Å². The number of rotatable bonds is 1. The summed E-state index contributed by atoms with van der Waals surface area (Å²) in [5.74, 6) is -0.895. The van der Waals surface area contributed by atoms with Gasteiger partial charge < -0.3 is 10.2 Å². The lowest BCUT2D eigenvalue weighted by atomic mass is 9.86. The van der Waals surface area contributed by atoms with Crippen molar-refractivity contribution in [1.29, 1.82) is 0 Å². The molecule has 70 valence electrons. The van der Waals surface area contributed by atoms with Gasteiger partial charge in [0.15, 0.2) is 0 Å². The SMILES string of the molecule is CC1CC(O)CC(C)(C(=O)O)N1. The largest absolute Gasteiger partial charge is 0.480 e. The molecule has 3 unspecified atom stereocenters. The van der Waals surface area contributed by atoms with E-state index in [4.69, 9.17) is 5.11 Å². The fraction of sp³-hybridized carbons (Fsp3) is 0.875. The molecule has 0 bridgehead atoms. The molecule has 1 aliphatic heterocycles. The Morgan fingerprint density at radius 1 is 1.67 bits per heavy atom. The molecule has 1 fully saturated rings. The molecule has 4 heteroatoms. The summed E-state index contributed by atoms with van der Waals surface area (Å²) >= 11 is 0. The standard InChI is InChI=1S/C8H15NO3/c1-5-3-6(10)4-8(2,9-5)7(11)12/h5-6,9-10H,3-4H2,1-2H3,(H,11,12). The predicted molar refractivity (Wildman–Crippen MR) is 43.9 cm³/mol. The Balaban J connectivity index is 2.71. The van der Waals surface area contributed by atoms with Gasteiger partial charge in [-0.3, -0.25) is 10.1 Å². The van der Waals surface area contributed by atoms with Gasteiger partial charge in [-0.25, -0.2) is 0 Å². The highest BCUT2D eigenvalue weighted by Gasteiger charge is 2.40. The zero-order valence-electron chi connectivity index (χ0n) is 7.37. The quantitative estimate of drug-likeness (QED) is 0.520. The lowest BCUT2D eigenvalue weighted by Crippen LogP contribution is -2.59. The topological polar surface area (TPSA) is 69.6 Å². The van der Waals surface area contributed by atoms with E-state index in [1.807, 2.05) is 6.92 Å². The van der Waals surface area contributed by atoms with Gasteiger partial charge in [0.1, 0.15) is 5.54 Å². The van der Waals surface area contributed by atoms with Crippen LogP contribution in [0.4, 0.5) is 0 Å². The molecule has 0 spiro atoms. The molecule has 12 heavy (non-hydrogen) atoms. The third-order valence-corrected chi connectivity index (χ3v) is 2.31. The number of piperidine rings is 1. The van der Waals surface area contributed by atoms with Crippen LogP contribution in [0, 0.1) is 0 Å². The summed E-state index contributed by atoms with van der Waals surface area (Å²) < 4.78 is 0. The van der Waals surface area contributed by atoms with Crippen molar-refractivity contribution in [2.75, 3.05) is 0 Å². The maximum atomic E-state index is 10.8. The Morgan fingerprint density at radius 2 is 2.25 bits per heavy atom. The predicted octanol–water partition coefficient (Wildman–Crippen LogP) is -0.0375. The summed E-state index contributed by atoms with van der Waals surface area (Å²) in [4.78, 5) is 10.8. The molecule has 0 radical (unpaired) electrons. The number of aliphatic carboxylic acids is 1. The summed E-state index contributed by atoms with van der Waals surface area (Å²) in [6, 6.07) is 0.0647. The minimum absolute atomic E-state index is 0.0647. The van der Waals surface area contributed by atoms with Gasteiger partial charge >= 0.3 is 5.97 Å². The second-order valence-corrected chi connectivity index (χ2v) is 3.78. The second-order valence-electron chi connectivity index (χ2n) is 3.78. The van der Waals surface area contributed by atoms with Crippen molar-refractivity contribution in [2.45, 2.75) is 44.4 Å². The summed E-state index contributed by atoms with van der Waals surface area (Å²) in [7, 11) is 0. The molecule has 0 amide bonds. The second kappa shape index (κ2) is 3.03. The highest BCUT2D eigenvalue weighted by Crippen LogP contribution is 2.22. The summed E-state index contributed by atoms with van der Waals surface area (Å²) in [5, 5.41) is 21.2. The molecular weight excluding hydrogens is 158 g/mol. The highest BCUT2D eigenvalue weighted by atomic mass is 16.4. The van der Waals surface area contributed by atoms with E-state index in [2.05, 4.69) is 5.32 Å². The van der Waals surface area contributed by atoms with Gasteiger partial charge in [-0.15, -0.1) is 0 Å². The van der Waals surface area contributed by atoms with Crippen LogP contribution < -0.4 is 5.32 Å². The van der Waals surface area contributed by atoms with Crippen molar-refractivity contribution in [3.8, 4) is 0 Å². The van der Waals surface area contributed by atoms with Crippen molar-refractivity contribution in [1.82, 2.24) is 5.32 Å². The lowest BCUT2D eigenvalue weighted by Gasteiger charge is -2.37. The molecule has 4 nitrogen and oxygen atoms in total. The van der Waals surface area contributed by atoms with Crippen LogP contribution in [0.1, 0.15) is 26.7 Å². The van der Waals surface area contributed by atoms with Gasteiger partial charge in [-0.05, 0) is 20.3 Å². The number of aliphatic hydroxyl groups excluding tert-OH is 1. The fourth-order valence-electron chi connectivity index (χ4n) is 1.77. The number of hydrogen-bond donors (Lipinski definition) is 3. The van der Waals surface area contributed by atoms with Gasteiger partial charge in [0.2, 0.25) is 0 Å². The van der Waals surface area contributed by atoms with Crippen molar-refractivity contribution in [3.05, 3.63) is 0 Å². The van der Waals surface area contributed by atoms with Crippen LogP contribution in [-0.2, 0) is 4.79 Å². The monoisotopic (exact) mass is 173 g/mol. The van der Waals surface area contributed by atoms with Crippen molar-refractivity contribution in [3.63, 3.8) is 0 Å². The molecule has 3 N–H and O–H groups in total. The van der Waals surface area contributed by atoms with Gasteiger partial charge in [-0.2, -0.15) is 0 Å². The van der Waals surface area contributed by atoms with Gasteiger partial charge in [0, 0.05) is 12.5 Å². The van der Waals surface area contributed by atoms with Crippen molar-refractivity contribution in [2.24, 2.45) is 0 Å². The number of carboxylic acid groups (broad SMARTS) is 1. The molecule has 1 rings (SSSR count). The summed E-state index contributed by atoms with van der Waals surface area (Å²) in [6.45, 7) is 3.48. The molecule has 0 aliphatic carbocycles. The number of nitrogens with one attached hydrogen (secondary N) is 1. The molecule has 1 saturated heterocycles. The molecule has 0 aromatic heterocycles. The fourth-order valence-corrected chi connectivity index (χ4v) is 1.77. The summed E-state index contributed by atoms with van der Waals surface area (Å²) in [5.41, 5.74) is -0.961. The first-order chi connectivity index (χ1) is 5.44. The van der Waals surface area contributed by atoms with E-state index < -0.39 is 17.6 Å². The van der Waals surface area contributed by atoms with E-state index in [1.165, 1.54) is 0 Å². The van der Waals surface area contributed by atoms with Gasteiger partial charge in [-0.1, -0.05) is 0 Å². The van der Waals surface area contributed by atoms with E-state index in [-0.39, 0.29) is 12.5 Å². The molecular formula is C8H15NO3. The Bertz CT molecular complexity index is 183. The lowest BCUT2D eigenvalue weighted by molar-refractivity contribution is -0.147. The first-order valence-corrected chi connectivity index (χ1v) is 4.13. The number of hydrogen-bond acceptors (Lipinski definition) is 3. The summed E-state index contributed by atoms with van der Waals surface area (Å²) in [6.07, 6.45) is 0.414. The van der Waals surface area contributed by atoms with E-state index in [1.54, 1.807) is 6.92 Å². The average molecular weight is 173 g/mol. The van der Waals surface area contributed by atoms with E-state index in [0.717, 1.165) is 0 Å². The minimum atomic E-state index is -0.961. The molecule has 0 aromatic rings.